The predicted octanol–water partition coefficient (Wildman–Crippen LogP) is 7.07. The number of benzene rings is 1. The molecule has 0 aliphatic carbocycles. The molecule has 3 aromatic heterocycles. The maximum Gasteiger partial charge on any atom is 0.124 e. The van der Waals surface area contributed by atoms with Crippen molar-refractivity contribution in [2.75, 3.05) is 26.3 Å². The zero-order valence-electron chi connectivity index (χ0n) is 20.1. The number of ether oxygens (including phenoxy) is 2. The van der Waals surface area contributed by atoms with E-state index in [1.807, 2.05) is 47.9 Å². The van der Waals surface area contributed by atoms with Crippen molar-refractivity contribution in [1.29, 1.82) is 0 Å². The zero-order valence-corrected chi connectivity index (χ0v) is 24.7. The van der Waals surface area contributed by atoms with E-state index >= 15 is 0 Å². The second kappa shape index (κ2) is 12.4. The molecule has 0 bridgehead atoms. The monoisotopic (exact) mass is 667 g/mol. The van der Waals surface area contributed by atoms with Crippen LogP contribution in [0.2, 0.25) is 10.0 Å². The number of rotatable bonds is 8. The van der Waals surface area contributed by atoms with Crippen LogP contribution < -0.4 is 4.74 Å². The highest BCUT2D eigenvalue weighted by molar-refractivity contribution is 14.2. The molecule has 0 saturated carbocycles. The van der Waals surface area contributed by atoms with Gasteiger partial charge in [-0.2, -0.15) is 5.10 Å². The first-order valence-corrected chi connectivity index (χ1v) is 16.6. The predicted molar refractivity (Wildman–Crippen MR) is 160 cm³/mol. The summed E-state index contributed by atoms with van der Waals surface area (Å²) in [5, 5.41) is 6.78. The fourth-order valence-electron chi connectivity index (χ4n) is 4.25. The average molecular weight is 668 g/mol. The molecule has 0 amide bonds. The summed E-state index contributed by atoms with van der Waals surface area (Å²) in [6.45, 7) is 6.24. The number of morpholine rings is 1. The first-order valence-electron chi connectivity index (χ1n) is 11.8. The van der Waals surface area contributed by atoms with Crippen molar-refractivity contribution in [2.24, 2.45) is 0 Å². The molecule has 7 nitrogen and oxygen atoms in total. The van der Waals surface area contributed by atoms with E-state index in [-0.39, 0.29) is 6.10 Å². The van der Waals surface area contributed by atoms with E-state index in [1.54, 1.807) is 12.4 Å². The molecule has 1 aliphatic rings. The quantitative estimate of drug-likeness (QED) is 0.148. The summed E-state index contributed by atoms with van der Waals surface area (Å²) < 4.78 is 13.7. The third-order valence-electron chi connectivity index (χ3n) is 6.14. The molecule has 0 N–H and O–H groups in total. The second-order valence-electron chi connectivity index (χ2n) is 8.64. The van der Waals surface area contributed by atoms with Crippen LogP contribution in [0.15, 0.2) is 48.9 Å². The topological polar surface area (TPSA) is 65.3 Å². The molecule has 4 aromatic rings. The van der Waals surface area contributed by atoms with Crippen molar-refractivity contribution in [3.8, 4) is 5.75 Å². The Hall–Kier alpha value is -1.81. The molecular weight excluding hydrogens is 643 g/mol. The van der Waals surface area contributed by atoms with Crippen LogP contribution in [0, 0.1) is 0 Å². The van der Waals surface area contributed by atoms with Crippen molar-refractivity contribution >= 4 is 74.7 Å². The van der Waals surface area contributed by atoms with E-state index in [4.69, 9.17) is 37.8 Å². The Labute approximate surface area is 240 Å². The Kier molecular flexibility index (Phi) is 8.95. The van der Waals surface area contributed by atoms with Crippen LogP contribution in [0.4, 0.5) is 0 Å². The fourth-order valence-corrected chi connectivity index (χ4v) is 6.45. The molecule has 192 valence electrons. The summed E-state index contributed by atoms with van der Waals surface area (Å²) in [5.41, 5.74) is 4.71. The molecule has 5 rings (SSSR count). The maximum atomic E-state index is 6.33. The number of hydrogen-bond donors (Lipinski definition) is 0. The van der Waals surface area contributed by atoms with Gasteiger partial charge in [-0.1, -0.05) is 35.3 Å². The first kappa shape index (κ1) is 26.8. The van der Waals surface area contributed by atoms with Crippen molar-refractivity contribution in [3.63, 3.8) is 0 Å². The Morgan fingerprint density at radius 3 is 2.59 bits per heavy atom. The fraction of sp³-hybridized carbons (Fsp3) is 0.269. The lowest BCUT2D eigenvalue weighted by atomic mass is 10.1. The summed E-state index contributed by atoms with van der Waals surface area (Å²) in [5.74, 6) is 0.712. The van der Waals surface area contributed by atoms with Crippen LogP contribution in [-0.4, -0.2) is 50.7 Å². The minimum absolute atomic E-state index is 0.344. The largest absolute Gasteiger partial charge is 0.486 e. The van der Waals surface area contributed by atoms with Gasteiger partial charge in [-0.25, -0.2) is 4.45 Å². The van der Waals surface area contributed by atoms with Gasteiger partial charge in [0.25, 0.3) is 0 Å². The molecule has 4 heterocycles. The highest BCUT2D eigenvalue weighted by atomic mass is 127. The molecule has 1 fully saturated rings. The van der Waals surface area contributed by atoms with E-state index in [2.05, 4.69) is 49.0 Å². The van der Waals surface area contributed by atoms with Crippen LogP contribution in [0.5, 0.6) is 5.75 Å². The van der Waals surface area contributed by atoms with Crippen LogP contribution in [-0.2, 0) is 11.3 Å². The third-order valence-corrected chi connectivity index (χ3v) is 8.61. The van der Waals surface area contributed by atoms with Gasteiger partial charge >= 0.3 is 0 Å². The summed E-state index contributed by atoms with van der Waals surface area (Å²) in [6, 6.07) is 10.2. The summed E-state index contributed by atoms with van der Waals surface area (Å²) >= 11 is 15.0. The van der Waals surface area contributed by atoms with Crippen LogP contribution in [0.25, 0.3) is 23.1 Å². The van der Waals surface area contributed by atoms with E-state index in [1.165, 1.54) is 0 Å². The molecule has 0 radical (unpaired) electrons. The number of aromatic nitrogens is 4. The lowest BCUT2D eigenvalue weighted by Gasteiger charge is -2.26. The minimum Gasteiger partial charge on any atom is -0.486 e. The highest BCUT2D eigenvalue weighted by Gasteiger charge is 2.17. The molecule has 37 heavy (non-hydrogen) atoms. The average Bonchev–Trinajstić information content (AvgIpc) is 3.26. The Morgan fingerprint density at radius 2 is 1.89 bits per heavy atom. The van der Waals surface area contributed by atoms with E-state index in [0.717, 1.165) is 60.7 Å². The molecule has 11 heteroatoms. The van der Waals surface area contributed by atoms with Gasteiger partial charge in [0.05, 0.1) is 46.5 Å². The summed E-state index contributed by atoms with van der Waals surface area (Å²) in [7, 11) is 0. The van der Waals surface area contributed by atoms with Gasteiger partial charge < -0.3 is 9.47 Å². The normalized spacial score (nSPS) is 15.8. The van der Waals surface area contributed by atoms with Gasteiger partial charge in [0, 0.05) is 49.2 Å². The lowest BCUT2D eigenvalue weighted by Crippen LogP contribution is -2.35. The van der Waals surface area contributed by atoms with Gasteiger partial charge in [0.1, 0.15) is 11.9 Å². The maximum absolute atomic E-state index is 6.33. The molecule has 1 aliphatic heterocycles. The summed E-state index contributed by atoms with van der Waals surface area (Å²) in [6.07, 6.45) is 9.25. The van der Waals surface area contributed by atoms with Gasteiger partial charge in [-0.15, -0.1) is 0 Å². The second-order valence-corrected chi connectivity index (χ2v) is 11.5. The number of fused-ring (bicyclic) bond motifs is 1. The van der Waals surface area contributed by atoms with E-state index in [0.29, 0.717) is 27.7 Å². The van der Waals surface area contributed by atoms with Crippen LogP contribution in [0.3, 0.4) is 0 Å². The number of hydrogen-bond acceptors (Lipinski definition) is 6. The van der Waals surface area contributed by atoms with E-state index in [9.17, 15) is 0 Å². The lowest BCUT2D eigenvalue weighted by molar-refractivity contribution is 0.0336. The first-order chi connectivity index (χ1) is 18.0. The smallest absolute Gasteiger partial charge is 0.124 e. The van der Waals surface area contributed by atoms with Crippen molar-refractivity contribution in [1.82, 2.24) is 24.4 Å². The minimum atomic E-state index is -0.344. The number of pyridine rings is 2. The van der Waals surface area contributed by atoms with Gasteiger partial charge in [0.2, 0.25) is 0 Å². The number of halogens is 3. The third kappa shape index (κ3) is 6.44. The van der Waals surface area contributed by atoms with Crippen molar-refractivity contribution in [2.45, 2.75) is 19.6 Å². The molecule has 0 spiro atoms. The highest BCUT2D eigenvalue weighted by Crippen LogP contribution is 2.36. The van der Waals surface area contributed by atoms with Crippen molar-refractivity contribution in [3.05, 3.63) is 81.5 Å². The standard InChI is InChI=1S/C26H25Cl2IN5O2P/c1-17(26-22(27)14-30-15-23(26)28)36-20-5-7-25-21(12-20)24(32-34(25)37-29)6-3-18-2-4-19(31-13-18)16-33-8-10-35-11-9-33/h2-7,12-15,17,37H,8-11,16H2,1H3/b6-3+/t17-/m1/s1. The molecule has 2 atom stereocenters. The van der Waals surface area contributed by atoms with Gasteiger partial charge in [-0.3, -0.25) is 14.9 Å². The Morgan fingerprint density at radius 1 is 1.11 bits per heavy atom. The molecule has 1 saturated heterocycles. The van der Waals surface area contributed by atoms with Crippen LogP contribution in [0.1, 0.15) is 35.5 Å². The molecule has 1 unspecified atom stereocenters. The Bertz CT molecular complexity index is 1390. The van der Waals surface area contributed by atoms with E-state index < -0.39 is 0 Å². The van der Waals surface area contributed by atoms with Crippen LogP contribution >= 0.6 is 51.6 Å². The number of nitrogens with zero attached hydrogens (tertiary/aromatic N) is 5. The Balaban J connectivity index is 1.35. The SMILES string of the molecule is C[C@@H](Oc1ccc2c(c1)c(/C=C/c1ccc(CN3CCOCC3)nc1)nn2PI)c1c(Cl)cncc1Cl. The summed E-state index contributed by atoms with van der Waals surface area (Å²) in [4.78, 5) is 11.0. The van der Waals surface area contributed by atoms with Crippen molar-refractivity contribution < 1.29 is 9.47 Å². The van der Waals surface area contributed by atoms with Gasteiger partial charge in [-0.05, 0) is 64.9 Å². The molecular formula is C26H25Cl2IN5O2P. The molecule has 1 aromatic carbocycles. The van der Waals surface area contributed by atoms with Gasteiger partial charge in [0.15, 0.2) is 0 Å². The zero-order chi connectivity index (χ0) is 25.8.